The average Bonchev–Trinajstić information content (AvgIpc) is 2.29. The van der Waals surface area contributed by atoms with E-state index in [2.05, 4.69) is 11.9 Å². The summed E-state index contributed by atoms with van der Waals surface area (Å²) in [5, 5.41) is 14.1. The second-order valence-electron chi connectivity index (χ2n) is 3.94. The number of hydrogen-bond donors (Lipinski definition) is 1. The molecule has 0 spiro atoms. The standard InChI is InChI=1S/C13H18N2O3/c1-4-6-10(3)14-11-7-8-12(15(16)17)13(9-11)18-5-2/h4,7-10,14H,1,5-6H2,2-3H3. The van der Waals surface area contributed by atoms with Crippen LogP contribution in [-0.4, -0.2) is 17.6 Å². The van der Waals surface area contributed by atoms with Gasteiger partial charge in [0.15, 0.2) is 5.75 Å². The van der Waals surface area contributed by atoms with E-state index < -0.39 is 4.92 Å². The number of nitrogens with zero attached hydrogens (tertiary/aromatic N) is 1. The zero-order chi connectivity index (χ0) is 13.5. The monoisotopic (exact) mass is 250 g/mol. The Bertz CT molecular complexity index is 432. The maximum Gasteiger partial charge on any atom is 0.311 e. The molecule has 0 heterocycles. The van der Waals surface area contributed by atoms with E-state index >= 15 is 0 Å². The van der Waals surface area contributed by atoms with Crippen molar-refractivity contribution in [1.29, 1.82) is 0 Å². The van der Waals surface area contributed by atoms with Crippen molar-refractivity contribution in [3.8, 4) is 5.75 Å². The van der Waals surface area contributed by atoms with E-state index in [1.165, 1.54) is 6.07 Å². The van der Waals surface area contributed by atoms with Crippen LogP contribution in [0.5, 0.6) is 5.75 Å². The molecule has 1 unspecified atom stereocenters. The largest absolute Gasteiger partial charge is 0.487 e. The summed E-state index contributed by atoms with van der Waals surface area (Å²) in [5.74, 6) is 0.290. The Labute approximate surface area is 107 Å². The van der Waals surface area contributed by atoms with Gasteiger partial charge >= 0.3 is 5.69 Å². The van der Waals surface area contributed by atoms with Crippen LogP contribution in [0.2, 0.25) is 0 Å². The Morgan fingerprint density at radius 1 is 1.61 bits per heavy atom. The molecule has 5 nitrogen and oxygen atoms in total. The third-order valence-corrected chi connectivity index (χ3v) is 2.39. The molecular formula is C13H18N2O3. The summed E-state index contributed by atoms with van der Waals surface area (Å²) in [6, 6.07) is 5.01. The molecular weight excluding hydrogens is 232 g/mol. The van der Waals surface area contributed by atoms with Gasteiger partial charge in [-0.25, -0.2) is 0 Å². The second kappa shape index (κ2) is 6.64. The minimum Gasteiger partial charge on any atom is -0.487 e. The summed E-state index contributed by atoms with van der Waals surface area (Å²) in [6.07, 6.45) is 2.65. The first-order valence-electron chi connectivity index (χ1n) is 5.87. The fourth-order valence-electron chi connectivity index (χ4n) is 1.62. The van der Waals surface area contributed by atoms with Crippen LogP contribution in [-0.2, 0) is 0 Å². The second-order valence-corrected chi connectivity index (χ2v) is 3.94. The first kappa shape index (κ1) is 14.0. The zero-order valence-electron chi connectivity index (χ0n) is 10.7. The fourth-order valence-corrected chi connectivity index (χ4v) is 1.62. The molecule has 98 valence electrons. The van der Waals surface area contributed by atoms with Crippen LogP contribution >= 0.6 is 0 Å². The van der Waals surface area contributed by atoms with Gasteiger partial charge in [-0.05, 0) is 26.3 Å². The maximum atomic E-state index is 10.8. The Hall–Kier alpha value is -2.04. The molecule has 0 aliphatic carbocycles. The number of nitro groups is 1. The van der Waals surface area contributed by atoms with E-state index in [-0.39, 0.29) is 11.7 Å². The van der Waals surface area contributed by atoms with Crippen LogP contribution in [0.25, 0.3) is 0 Å². The molecule has 0 radical (unpaired) electrons. The van der Waals surface area contributed by atoms with Gasteiger partial charge in [-0.1, -0.05) is 6.08 Å². The van der Waals surface area contributed by atoms with Gasteiger partial charge in [-0.3, -0.25) is 10.1 Å². The van der Waals surface area contributed by atoms with E-state index in [9.17, 15) is 10.1 Å². The minimum atomic E-state index is -0.443. The van der Waals surface area contributed by atoms with Crippen molar-refractivity contribution in [3.63, 3.8) is 0 Å². The lowest BCUT2D eigenvalue weighted by atomic mass is 10.2. The molecule has 0 fully saturated rings. The number of nitrogens with one attached hydrogen (secondary N) is 1. The van der Waals surface area contributed by atoms with Gasteiger partial charge in [-0.2, -0.15) is 0 Å². The van der Waals surface area contributed by atoms with Crippen LogP contribution in [0, 0.1) is 10.1 Å². The lowest BCUT2D eigenvalue weighted by Gasteiger charge is -2.14. The predicted molar refractivity (Wildman–Crippen MR) is 72.2 cm³/mol. The third-order valence-electron chi connectivity index (χ3n) is 2.39. The van der Waals surface area contributed by atoms with E-state index in [1.54, 1.807) is 19.1 Å². The molecule has 1 aromatic rings. The number of benzene rings is 1. The summed E-state index contributed by atoms with van der Waals surface area (Å²) in [4.78, 5) is 10.4. The van der Waals surface area contributed by atoms with Crippen molar-refractivity contribution in [3.05, 3.63) is 41.0 Å². The number of hydrogen-bond acceptors (Lipinski definition) is 4. The van der Waals surface area contributed by atoms with Crippen molar-refractivity contribution >= 4 is 11.4 Å². The SMILES string of the molecule is C=CCC(C)Nc1ccc([N+](=O)[O-])c(OCC)c1. The lowest BCUT2D eigenvalue weighted by Crippen LogP contribution is -2.13. The highest BCUT2D eigenvalue weighted by molar-refractivity contribution is 5.58. The van der Waals surface area contributed by atoms with E-state index in [4.69, 9.17) is 4.74 Å². The van der Waals surface area contributed by atoms with Crippen LogP contribution < -0.4 is 10.1 Å². The normalized spacial score (nSPS) is 11.7. The first-order chi connectivity index (χ1) is 8.58. The average molecular weight is 250 g/mol. The molecule has 0 aliphatic heterocycles. The first-order valence-corrected chi connectivity index (χ1v) is 5.87. The summed E-state index contributed by atoms with van der Waals surface area (Å²) in [7, 11) is 0. The maximum absolute atomic E-state index is 10.8. The number of ether oxygens (including phenoxy) is 1. The van der Waals surface area contributed by atoms with Crippen molar-refractivity contribution in [2.45, 2.75) is 26.3 Å². The Morgan fingerprint density at radius 3 is 2.89 bits per heavy atom. The van der Waals surface area contributed by atoms with Crippen LogP contribution in [0.3, 0.4) is 0 Å². The van der Waals surface area contributed by atoms with Crippen LogP contribution in [0.1, 0.15) is 20.3 Å². The third kappa shape index (κ3) is 3.76. The highest BCUT2D eigenvalue weighted by Gasteiger charge is 2.15. The zero-order valence-corrected chi connectivity index (χ0v) is 10.7. The van der Waals surface area contributed by atoms with Crippen LogP contribution in [0.4, 0.5) is 11.4 Å². The number of anilines is 1. The highest BCUT2D eigenvalue weighted by atomic mass is 16.6. The van der Waals surface area contributed by atoms with Gasteiger partial charge in [0.2, 0.25) is 0 Å². The molecule has 18 heavy (non-hydrogen) atoms. The number of nitro benzene ring substituents is 1. The Morgan fingerprint density at radius 2 is 2.33 bits per heavy atom. The summed E-state index contributed by atoms with van der Waals surface area (Å²) >= 11 is 0. The highest BCUT2D eigenvalue weighted by Crippen LogP contribution is 2.30. The molecule has 0 aliphatic rings. The number of rotatable bonds is 7. The van der Waals surface area contributed by atoms with Crippen molar-refractivity contribution in [2.75, 3.05) is 11.9 Å². The van der Waals surface area contributed by atoms with Crippen molar-refractivity contribution in [1.82, 2.24) is 0 Å². The molecule has 1 atom stereocenters. The molecule has 1 N–H and O–H groups in total. The van der Waals surface area contributed by atoms with Gasteiger partial charge in [0, 0.05) is 23.9 Å². The quantitative estimate of drug-likeness (QED) is 0.458. The molecule has 0 saturated heterocycles. The predicted octanol–water partition coefficient (Wildman–Crippen LogP) is 3.37. The molecule has 5 heteroatoms. The van der Waals surface area contributed by atoms with Crippen molar-refractivity contribution < 1.29 is 9.66 Å². The van der Waals surface area contributed by atoms with E-state index in [0.29, 0.717) is 12.4 Å². The van der Waals surface area contributed by atoms with Crippen molar-refractivity contribution in [2.24, 2.45) is 0 Å². The van der Waals surface area contributed by atoms with Gasteiger partial charge in [-0.15, -0.1) is 6.58 Å². The van der Waals surface area contributed by atoms with Gasteiger partial charge in [0.1, 0.15) is 0 Å². The lowest BCUT2D eigenvalue weighted by molar-refractivity contribution is -0.385. The van der Waals surface area contributed by atoms with Crippen LogP contribution in [0.15, 0.2) is 30.9 Å². The molecule has 1 aromatic carbocycles. The molecule has 0 saturated carbocycles. The summed E-state index contributed by atoms with van der Waals surface area (Å²) in [6.45, 7) is 7.88. The van der Waals surface area contributed by atoms with Gasteiger partial charge < -0.3 is 10.1 Å². The topological polar surface area (TPSA) is 64.4 Å². The van der Waals surface area contributed by atoms with E-state index in [0.717, 1.165) is 12.1 Å². The van der Waals surface area contributed by atoms with E-state index in [1.807, 2.05) is 13.0 Å². The summed E-state index contributed by atoms with van der Waals surface area (Å²) < 4.78 is 5.28. The molecule has 0 aromatic heterocycles. The Kier molecular flexibility index (Phi) is 5.17. The minimum absolute atomic E-state index is 0.0150. The molecule has 0 bridgehead atoms. The van der Waals surface area contributed by atoms with Gasteiger partial charge in [0.25, 0.3) is 0 Å². The Balaban J connectivity index is 2.92. The summed E-state index contributed by atoms with van der Waals surface area (Å²) in [5.41, 5.74) is 0.789. The van der Waals surface area contributed by atoms with Gasteiger partial charge in [0.05, 0.1) is 11.5 Å². The molecule has 0 amide bonds. The fraction of sp³-hybridized carbons (Fsp3) is 0.385. The smallest absolute Gasteiger partial charge is 0.311 e. The molecule has 1 rings (SSSR count).